The van der Waals surface area contributed by atoms with Crippen LogP contribution in [0.15, 0.2) is 24.3 Å². The van der Waals surface area contributed by atoms with Crippen LogP contribution in [0.25, 0.3) is 0 Å². The van der Waals surface area contributed by atoms with Crippen molar-refractivity contribution in [3.63, 3.8) is 0 Å². The van der Waals surface area contributed by atoms with Crippen molar-refractivity contribution in [2.75, 3.05) is 19.0 Å². The van der Waals surface area contributed by atoms with E-state index in [0.29, 0.717) is 0 Å². The molecule has 0 saturated heterocycles. The van der Waals surface area contributed by atoms with Crippen molar-refractivity contribution in [3.05, 3.63) is 29.8 Å². The van der Waals surface area contributed by atoms with E-state index in [0.717, 1.165) is 17.7 Å². The van der Waals surface area contributed by atoms with E-state index in [9.17, 15) is 9.59 Å². The third-order valence-corrected chi connectivity index (χ3v) is 4.27. The summed E-state index contributed by atoms with van der Waals surface area (Å²) in [6.45, 7) is 4.08. The van der Waals surface area contributed by atoms with Crippen LogP contribution in [0.2, 0.25) is 0 Å². The summed E-state index contributed by atoms with van der Waals surface area (Å²) >= 11 is 0. The van der Waals surface area contributed by atoms with Gasteiger partial charge in [-0.2, -0.15) is 0 Å². The van der Waals surface area contributed by atoms with Gasteiger partial charge in [0.05, 0.1) is 6.04 Å². The molecular weight excluding hydrogens is 266 g/mol. The fourth-order valence-electron chi connectivity index (χ4n) is 2.71. The second-order valence-corrected chi connectivity index (χ2v) is 5.53. The second kappa shape index (κ2) is 6.26. The molecule has 0 radical (unpaired) electrons. The predicted molar refractivity (Wildman–Crippen MR) is 83.0 cm³/mol. The van der Waals surface area contributed by atoms with Crippen LogP contribution in [0.5, 0.6) is 0 Å². The Kier molecular flexibility index (Phi) is 4.63. The Balaban J connectivity index is 2.52. The average molecular weight is 289 g/mol. The molecule has 2 rings (SSSR count). The summed E-state index contributed by atoms with van der Waals surface area (Å²) in [6.07, 6.45) is 0.869. The fraction of sp³-hybridized carbons (Fsp3) is 0.500. The lowest BCUT2D eigenvalue weighted by atomic mass is 9.97. The Morgan fingerprint density at radius 2 is 2.10 bits per heavy atom. The first-order valence-electron chi connectivity index (χ1n) is 7.35. The van der Waals surface area contributed by atoms with Crippen molar-refractivity contribution in [1.29, 1.82) is 0 Å². The zero-order valence-corrected chi connectivity index (χ0v) is 13.0. The van der Waals surface area contributed by atoms with Gasteiger partial charge >= 0.3 is 0 Å². The SMILES string of the molecule is CC[C@H](C)[C@@H]1NC(C(=O)NC)c2ccccc2N(C)C1=O. The molecule has 0 fully saturated rings. The highest BCUT2D eigenvalue weighted by molar-refractivity contribution is 6.00. The number of nitrogens with zero attached hydrogens (tertiary/aromatic N) is 1. The van der Waals surface area contributed by atoms with Crippen LogP contribution in [-0.4, -0.2) is 32.0 Å². The Morgan fingerprint density at radius 3 is 2.71 bits per heavy atom. The molecule has 2 amide bonds. The molecule has 0 saturated carbocycles. The molecule has 1 aliphatic heterocycles. The molecule has 0 aliphatic carbocycles. The molecular formula is C16H23N3O2. The van der Waals surface area contributed by atoms with Gasteiger partial charge in [-0.15, -0.1) is 0 Å². The number of likely N-dealkylation sites (N-methyl/N-ethyl adjacent to an activating group) is 2. The van der Waals surface area contributed by atoms with E-state index in [1.165, 1.54) is 0 Å². The number of hydrogen-bond acceptors (Lipinski definition) is 3. The van der Waals surface area contributed by atoms with Crippen LogP contribution in [0.4, 0.5) is 5.69 Å². The largest absolute Gasteiger partial charge is 0.358 e. The van der Waals surface area contributed by atoms with E-state index in [1.54, 1.807) is 19.0 Å². The second-order valence-electron chi connectivity index (χ2n) is 5.53. The van der Waals surface area contributed by atoms with Crippen LogP contribution in [0.1, 0.15) is 31.9 Å². The maximum atomic E-state index is 12.7. The van der Waals surface area contributed by atoms with Crippen LogP contribution >= 0.6 is 0 Å². The summed E-state index contributed by atoms with van der Waals surface area (Å²) in [5, 5.41) is 5.93. The van der Waals surface area contributed by atoms with Crippen LogP contribution in [0, 0.1) is 5.92 Å². The lowest BCUT2D eigenvalue weighted by Crippen LogP contribution is -2.49. The van der Waals surface area contributed by atoms with Crippen molar-refractivity contribution >= 4 is 17.5 Å². The standard InChI is InChI=1S/C16H23N3O2/c1-5-10(2)13-16(21)19(4)12-9-7-6-8-11(12)14(18-13)15(20)17-3/h6-10,13-14,18H,5H2,1-4H3,(H,17,20)/t10-,13-,14?/m0/s1. The smallest absolute Gasteiger partial charge is 0.244 e. The zero-order valence-electron chi connectivity index (χ0n) is 13.0. The number of nitrogens with one attached hydrogen (secondary N) is 2. The van der Waals surface area contributed by atoms with Gasteiger partial charge in [0.2, 0.25) is 11.8 Å². The van der Waals surface area contributed by atoms with Gasteiger partial charge < -0.3 is 10.2 Å². The summed E-state index contributed by atoms with van der Waals surface area (Å²) in [7, 11) is 3.38. The normalized spacial score (nSPS) is 23.2. The minimum Gasteiger partial charge on any atom is -0.358 e. The molecule has 1 aromatic rings. The van der Waals surface area contributed by atoms with Gasteiger partial charge in [0.15, 0.2) is 0 Å². The summed E-state index contributed by atoms with van der Waals surface area (Å²) in [5.74, 6) is 0.0310. The summed E-state index contributed by atoms with van der Waals surface area (Å²) in [6, 6.07) is 6.66. The molecule has 114 valence electrons. The number of carbonyl (C=O) groups is 2. The van der Waals surface area contributed by atoms with Gasteiger partial charge in [0, 0.05) is 25.3 Å². The molecule has 0 bridgehead atoms. The number of benzene rings is 1. The molecule has 1 aromatic carbocycles. The Morgan fingerprint density at radius 1 is 1.43 bits per heavy atom. The summed E-state index contributed by atoms with van der Waals surface area (Å²) < 4.78 is 0. The molecule has 1 unspecified atom stereocenters. The molecule has 0 spiro atoms. The first-order chi connectivity index (χ1) is 10.0. The summed E-state index contributed by atoms with van der Waals surface area (Å²) in [5.41, 5.74) is 1.62. The third kappa shape index (κ3) is 2.78. The van der Waals surface area contributed by atoms with Crippen LogP contribution < -0.4 is 15.5 Å². The monoisotopic (exact) mass is 289 g/mol. The number of anilines is 1. The van der Waals surface area contributed by atoms with E-state index in [4.69, 9.17) is 0 Å². The maximum Gasteiger partial charge on any atom is 0.244 e. The van der Waals surface area contributed by atoms with Crippen molar-refractivity contribution in [3.8, 4) is 0 Å². The minimum atomic E-state index is -0.515. The average Bonchev–Trinajstić information content (AvgIpc) is 2.63. The van der Waals surface area contributed by atoms with Gasteiger partial charge in [-0.05, 0) is 12.0 Å². The van der Waals surface area contributed by atoms with E-state index < -0.39 is 6.04 Å². The summed E-state index contributed by atoms with van der Waals surface area (Å²) in [4.78, 5) is 26.6. The fourth-order valence-corrected chi connectivity index (χ4v) is 2.71. The zero-order chi connectivity index (χ0) is 15.6. The van der Waals surface area contributed by atoms with Crippen LogP contribution in [-0.2, 0) is 9.59 Å². The van der Waals surface area contributed by atoms with Crippen molar-refractivity contribution in [2.45, 2.75) is 32.4 Å². The Labute approximate surface area is 125 Å². The molecule has 1 heterocycles. The molecule has 21 heavy (non-hydrogen) atoms. The lowest BCUT2D eigenvalue weighted by molar-refractivity contribution is -0.124. The predicted octanol–water partition coefficient (Wildman–Crippen LogP) is 1.45. The highest BCUT2D eigenvalue weighted by Gasteiger charge is 2.37. The molecule has 2 N–H and O–H groups in total. The van der Waals surface area contributed by atoms with Crippen LogP contribution in [0.3, 0.4) is 0 Å². The number of carbonyl (C=O) groups excluding carboxylic acids is 2. The molecule has 0 aromatic heterocycles. The van der Waals surface area contributed by atoms with Crippen molar-refractivity contribution in [1.82, 2.24) is 10.6 Å². The minimum absolute atomic E-state index is 0.00297. The van der Waals surface area contributed by atoms with Gasteiger partial charge in [0.25, 0.3) is 0 Å². The first-order valence-corrected chi connectivity index (χ1v) is 7.35. The Bertz CT molecular complexity index is 544. The highest BCUT2D eigenvalue weighted by atomic mass is 16.2. The van der Waals surface area contributed by atoms with Gasteiger partial charge in [-0.1, -0.05) is 38.5 Å². The molecule has 5 heteroatoms. The number of amides is 2. The van der Waals surface area contributed by atoms with E-state index in [-0.39, 0.29) is 23.8 Å². The van der Waals surface area contributed by atoms with E-state index in [1.807, 2.05) is 38.1 Å². The molecule has 5 nitrogen and oxygen atoms in total. The van der Waals surface area contributed by atoms with Crippen molar-refractivity contribution < 1.29 is 9.59 Å². The molecule has 3 atom stereocenters. The van der Waals surface area contributed by atoms with E-state index >= 15 is 0 Å². The first kappa shape index (κ1) is 15.5. The third-order valence-electron chi connectivity index (χ3n) is 4.27. The highest BCUT2D eigenvalue weighted by Crippen LogP contribution is 2.31. The topological polar surface area (TPSA) is 61.4 Å². The number of hydrogen-bond donors (Lipinski definition) is 2. The number of fused-ring (bicyclic) bond motifs is 1. The van der Waals surface area contributed by atoms with Gasteiger partial charge in [-0.25, -0.2) is 0 Å². The Hall–Kier alpha value is -1.88. The quantitative estimate of drug-likeness (QED) is 0.885. The number of rotatable bonds is 3. The molecule has 1 aliphatic rings. The van der Waals surface area contributed by atoms with Crippen molar-refractivity contribution in [2.24, 2.45) is 5.92 Å². The lowest BCUT2D eigenvalue weighted by Gasteiger charge is -2.26. The maximum absolute atomic E-state index is 12.7. The number of para-hydroxylation sites is 1. The van der Waals surface area contributed by atoms with Gasteiger partial charge in [0.1, 0.15) is 6.04 Å². The van der Waals surface area contributed by atoms with E-state index in [2.05, 4.69) is 10.6 Å². The van der Waals surface area contributed by atoms with Gasteiger partial charge in [-0.3, -0.25) is 14.9 Å².